The molecule has 5 heteroatoms. The van der Waals surface area contributed by atoms with Gasteiger partial charge in [-0.25, -0.2) is 15.0 Å². The van der Waals surface area contributed by atoms with Crippen LogP contribution in [0.25, 0.3) is 22.8 Å². The van der Waals surface area contributed by atoms with Crippen molar-refractivity contribution in [3.63, 3.8) is 0 Å². The summed E-state index contributed by atoms with van der Waals surface area (Å²) in [6.45, 7) is 1.79. The lowest BCUT2D eigenvalue weighted by Crippen LogP contribution is -1.99. The Morgan fingerprint density at radius 1 is 0.739 bits per heavy atom. The minimum absolute atomic E-state index is 0.506. The van der Waals surface area contributed by atoms with Gasteiger partial charge in [-0.1, -0.05) is 24.3 Å². The molecule has 0 bridgehead atoms. The second kappa shape index (κ2) is 6.05. The molecule has 0 amide bonds. The van der Waals surface area contributed by atoms with E-state index in [1.165, 1.54) is 0 Å². The summed E-state index contributed by atoms with van der Waals surface area (Å²) in [7, 11) is 0. The predicted octanol–water partition coefficient (Wildman–Crippen LogP) is 3.26. The minimum Gasteiger partial charge on any atom is -0.213 e. The molecule has 1 aromatic heterocycles. The molecule has 0 fully saturated rings. The smallest absolute Gasteiger partial charge is 0.163 e. The Morgan fingerprint density at radius 2 is 1.22 bits per heavy atom. The SMILES string of the molecule is Cc1nc(-c2cccc(C#N)c2)nc(-c2cccc(C#N)c2)n1. The van der Waals surface area contributed by atoms with Gasteiger partial charge in [-0.05, 0) is 31.2 Å². The molecule has 0 radical (unpaired) electrons. The number of hydrogen-bond acceptors (Lipinski definition) is 5. The van der Waals surface area contributed by atoms with Crippen molar-refractivity contribution < 1.29 is 0 Å². The highest BCUT2D eigenvalue weighted by molar-refractivity contribution is 5.63. The highest BCUT2D eigenvalue weighted by Gasteiger charge is 2.09. The summed E-state index contributed by atoms with van der Waals surface area (Å²) in [5.41, 5.74) is 2.61. The van der Waals surface area contributed by atoms with E-state index < -0.39 is 0 Å². The number of nitrogens with zero attached hydrogens (tertiary/aromatic N) is 5. The van der Waals surface area contributed by atoms with Crippen LogP contribution < -0.4 is 0 Å². The van der Waals surface area contributed by atoms with Crippen molar-refractivity contribution in [1.29, 1.82) is 10.5 Å². The summed E-state index contributed by atoms with van der Waals surface area (Å²) in [5, 5.41) is 18.0. The molecule has 1 heterocycles. The Bertz CT molecular complexity index is 888. The lowest BCUT2D eigenvalue weighted by molar-refractivity contribution is 0.991. The zero-order chi connectivity index (χ0) is 16.2. The monoisotopic (exact) mass is 297 g/mol. The number of hydrogen-bond donors (Lipinski definition) is 0. The molecule has 5 nitrogen and oxygen atoms in total. The number of aromatic nitrogens is 3. The molecule has 3 rings (SSSR count). The van der Waals surface area contributed by atoms with Gasteiger partial charge in [0.05, 0.1) is 23.3 Å². The molecule has 108 valence electrons. The van der Waals surface area contributed by atoms with Crippen molar-refractivity contribution >= 4 is 0 Å². The molecule has 0 N–H and O–H groups in total. The Hall–Kier alpha value is -3.57. The van der Waals surface area contributed by atoms with Crippen LogP contribution in [0.3, 0.4) is 0 Å². The van der Waals surface area contributed by atoms with Gasteiger partial charge in [0.15, 0.2) is 11.6 Å². The predicted molar refractivity (Wildman–Crippen MR) is 84.9 cm³/mol. The molecule has 2 aromatic carbocycles. The normalized spacial score (nSPS) is 9.87. The number of nitriles is 2. The zero-order valence-electron chi connectivity index (χ0n) is 12.4. The van der Waals surface area contributed by atoms with E-state index in [0.717, 1.165) is 11.1 Å². The number of rotatable bonds is 2. The van der Waals surface area contributed by atoms with Gasteiger partial charge in [0.1, 0.15) is 5.82 Å². The van der Waals surface area contributed by atoms with Crippen molar-refractivity contribution in [2.75, 3.05) is 0 Å². The molecule has 3 aromatic rings. The van der Waals surface area contributed by atoms with Crippen molar-refractivity contribution in [2.24, 2.45) is 0 Å². The standard InChI is InChI=1S/C18H11N5/c1-12-21-17(15-6-2-4-13(8-15)10-19)23-18(22-12)16-7-3-5-14(9-16)11-20/h2-9H,1H3. The summed E-state index contributed by atoms with van der Waals surface area (Å²) < 4.78 is 0. The Kier molecular flexibility index (Phi) is 3.78. The molecule has 0 aliphatic rings. The Balaban J connectivity index is 2.12. The van der Waals surface area contributed by atoms with Crippen molar-refractivity contribution in [3.05, 3.63) is 65.5 Å². The summed E-state index contributed by atoms with van der Waals surface area (Å²) in [5.74, 6) is 1.59. The van der Waals surface area contributed by atoms with Gasteiger partial charge in [0, 0.05) is 11.1 Å². The average Bonchev–Trinajstić information content (AvgIpc) is 2.61. The fraction of sp³-hybridized carbons (Fsp3) is 0.0556. The third-order valence-electron chi connectivity index (χ3n) is 3.25. The molecular weight excluding hydrogens is 286 g/mol. The first-order valence-corrected chi connectivity index (χ1v) is 6.93. The van der Waals surface area contributed by atoms with E-state index in [1.54, 1.807) is 43.3 Å². The first-order valence-electron chi connectivity index (χ1n) is 6.93. The van der Waals surface area contributed by atoms with Crippen LogP contribution in [0.15, 0.2) is 48.5 Å². The van der Waals surface area contributed by atoms with Gasteiger partial charge in [0.2, 0.25) is 0 Å². The van der Waals surface area contributed by atoms with E-state index in [1.807, 2.05) is 12.1 Å². The van der Waals surface area contributed by atoms with Gasteiger partial charge in [-0.2, -0.15) is 10.5 Å². The maximum atomic E-state index is 9.02. The second-order valence-corrected chi connectivity index (χ2v) is 4.92. The third-order valence-corrected chi connectivity index (χ3v) is 3.25. The summed E-state index contributed by atoms with van der Waals surface area (Å²) in [6, 6.07) is 18.4. The fourth-order valence-corrected chi connectivity index (χ4v) is 2.20. The molecule has 0 saturated carbocycles. The topological polar surface area (TPSA) is 86.2 Å². The first-order chi connectivity index (χ1) is 11.2. The number of benzene rings is 2. The van der Waals surface area contributed by atoms with Gasteiger partial charge in [0.25, 0.3) is 0 Å². The largest absolute Gasteiger partial charge is 0.213 e. The molecule has 0 unspecified atom stereocenters. The molecular formula is C18H11N5. The minimum atomic E-state index is 0.506. The number of aryl methyl sites for hydroxylation is 1. The first kappa shape index (κ1) is 14.4. The molecule has 0 spiro atoms. The maximum Gasteiger partial charge on any atom is 0.163 e. The van der Waals surface area contributed by atoms with E-state index in [2.05, 4.69) is 27.1 Å². The second-order valence-electron chi connectivity index (χ2n) is 4.92. The third kappa shape index (κ3) is 3.04. The van der Waals surface area contributed by atoms with E-state index in [-0.39, 0.29) is 0 Å². The average molecular weight is 297 g/mol. The van der Waals surface area contributed by atoms with Crippen LogP contribution >= 0.6 is 0 Å². The fourth-order valence-electron chi connectivity index (χ4n) is 2.20. The van der Waals surface area contributed by atoms with E-state index in [9.17, 15) is 0 Å². The van der Waals surface area contributed by atoms with Gasteiger partial charge < -0.3 is 0 Å². The quantitative estimate of drug-likeness (QED) is 0.724. The highest BCUT2D eigenvalue weighted by Crippen LogP contribution is 2.21. The van der Waals surface area contributed by atoms with Crippen molar-refractivity contribution in [3.8, 4) is 34.9 Å². The Morgan fingerprint density at radius 3 is 1.65 bits per heavy atom. The lowest BCUT2D eigenvalue weighted by Gasteiger charge is -2.06. The van der Waals surface area contributed by atoms with Gasteiger partial charge in [-0.3, -0.25) is 0 Å². The molecule has 23 heavy (non-hydrogen) atoms. The van der Waals surface area contributed by atoms with Gasteiger partial charge >= 0.3 is 0 Å². The molecule has 0 saturated heterocycles. The van der Waals surface area contributed by atoms with E-state index >= 15 is 0 Å². The van der Waals surface area contributed by atoms with Crippen molar-refractivity contribution in [1.82, 2.24) is 15.0 Å². The van der Waals surface area contributed by atoms with Crippen LogP contribution in [-0.2, 0) is 0 Å². The molecule has 0 atom stereocenters. The van der Waals surface area contributed by atoms with Gasteiger partial charge in [-0.15, -0.1) is 0 Å². The lowest BCUT2D eigenvalue weighted by atomic mass is 10.1. The molecule has 0 aliphatic heterocycles. The summed E-state index contributed by atoms with van der Waals surface area (Å²) >= 11 is 0. The highest BCUT2D eigenvalue weighted by atomic mass is 15.0. The van der Waals surface area contributed by atoms with Crippen LogP contribution in [0.4, 0.5) is 0 Å². The van der Waals surface area contributed by atoms with Crippen LogP contribution in [-0.4, -0.2) is 15.0 Å². The van der Waals surface area contributed by atoms with Crippen LogP contribution in [0.1, 0.15) is 17.0 Å². The zero-order valence-corrected chi connectivity index (χ0v) is 12.4. The van der Waals surface area contributed by atoms with E-state index in [4.69, 9.17) is 10.5 Å². The molecule has 0 aliphatic carbocycles. The van der Waals surface area contributed by atoms with Crippen LogP contribution in [0.5, 0.6) is 0 Å². The van der Waals surface area contributed by atoms with Crippen molar-refractivity contribution in [2.45, 2.75) is 6.92 Å². The summed E-state index contributed by atoms with van der Waals surface area (Å²) in [4.78, 5) is 13.2. The van der Waals surface area contributed by atoms with Crippen LogP contribution in [0.2, 0.25) is 0 Å². The summed E-state index contributed by atoms with van der Waals surface area (Å²) in [6.07, 6.45) is 0. The Labute approximate surface area is 133 Å². The van der Waals surface area contributed by atoms with E-state index in [0.29, 0.717) is 28.6 Å². The maximum absolute atomic E-state index is 9.02. The van der Waals surface area contributed by atoms with Crippen LogP contribution in [0, 0.1) is 29.6 Å².